The Morgan fingerprint density at radius 2 is 2.06 bits per heavy atom. The molecule has 0 spiro atoms. The summed E-state index contributed by atoms with van der Waals surface area (Å²) in [5, 5.41) is 2.58. The maximum absolute atomic E-state index is 5.94. The van der Waals surface area contributed by atoms with Crippen LogP contribution in [0.3, 0.4) is 0 Å². The van der Waals surface area contributed by atoms with Gasteiger partial charge in [-0.25, -0.2) is 9.97 Å². The molecule has 0 saturated heterocycles. The van der Waals surface area contributed by atoms with Crippen LogP contribution in [0.25, 0.3) is 10.8 Å². The first-order valence-electron chi connectivity index (χ1n) is 5.27. The van der Waals surface area contributed by atoms with Gasteiger partial charge >= 0.3 is 0 Å². The van der Waals surface area contributed by atoms with E-state index in [-0.39, 0.29) is 0 Å². The van der Waals surface area contributed by atoms with E-state index in [1.165, 1.54) is 18.4 Å². The Kier molecular flexibility index (Phi) is 2.21. The number of hydrogen-bond donors (Lipinski definition) is 0. The van der Waals surface area contributed by atoms with Crippen molar-refractivity contribution in [2.75, 3.05) is 7.11 Å². The number of fused-ring (bicyclic) bond motifs is 1. The molecule has 2 aromatic rings. The van der Waals surface area contributed by atoms with Crippen LogP contribution in [0, 0.1) is 0 Å². The molecule has 4 heteroatoms. The van der Waals surface area contributed by atoms with Gasteiger partial charge in [0.05, 0.1) is 12.5 Å². The van der Waals surface area contributed by atoms with E-state index >= 15 is 0 Å². The Bertz CT molecular complexity index is 552. The van der Waals surface area contributed by atoms with Crippen molar-refractivity contribution in [3.05, 3.63) is 29.2 Å². The lowest BCUT2D eigenvalue weighted by atomic mass is 10.1. The number of pyridine rings is 2. The number of rotatable bonds is 2. The highest BCUT2D eigenvalue weighted by atomic mass is 35.5. The summed E-state index contributed by atoms with van der Waals surface area (Å²) >= 11 is 5.94. The van der Waals surface area contributed by atoms with Gasteiger partial charge < -0.3 is 4.74 Å². The molecule has 0 unspecified atom stereocenters. The largest absolute Gasteiger partial charge is 0.481 e. The van der Waals surface area contributed by atoms with Crippen molar-refractivity contribution in [2.24, 2.45) is 0 Å². The first kappa shape index (κ1) is 9.85. The zero-order valence-corrected chi connectivity index (χ0v) is 9.66. The summed E-state index contributed by atoms with van der Waals surface area (Å²) in [4.78, 5) is 8.39. The summed E-state index contributed by atoms with van der Waals surface area (Å²) in [6.45, 7) is 0. The first-order valence-corrected chi connectivity index (χ1v) is 5.65. The number of nitrogens with zero attached hydrogens (tertiary/aromatic N) is 2. The van der Waals surface area contributed by atoms with Crippen LogP contribution in [0.2, 0.25) is 5.15 Å². The van der Waals surface area contributed by atoms with Gasteiger partial charge in [0.15, 0.2) is 0 Å². The van der Waals surface area contributed by atoms with Gasteiger partial charge in [0.2, 0.25) is 5.88 Å². The van der Waals surface area contributed by atoms with E-state index in [9.17, 15) is 0 Å². The molecule has 0 amide bonds. The van der Waals surface area contributed by atoms with E-state index in [0.717, 1.165) is 10.8 Å². The summed E-state index contributed by atoms with van der Waals surface area (Å²) < 4.78 is 5.23. The molecule has 0 aliphatic heterocycles. The van der Waals surface area contributed by atoms with E-state index in [0.29, 0.717) is 17.0 Å². The van der Waals surface area contributed by atoms with Crippen LogP contribution in [0.15, 0.2) is 18.5 Å². The van der Waals surface area contributed by atoms with Gasteiger partial charge in [0, 0.05) is 12.4 Å². The third-order valence-corrected chi connectivity index (χ3v) is 3.15. The molecule has 3 rings (SSSR count). The predicted molar refractivity (Wildman–Crippen MR) is 63.1 cm³/mol. The summed E-state index contributed by atoms with van der Waals surface area (Å²) in [6, 6.07) is 1.90. The van der Waals surface area contributed by atoms with Crippen LogP contribution in [0.5, 0.6) is 5.88 Å². The van der Waals surface area contributed by atoms with E-state index in [1.807, 2.05) is 12.3 Å². The predicted octanol–water partition coefficient (Wildman–Crippen LogP) is 3.17. The maximum Gasteiger partial charge on any atom is 0.222 e. The molecule has 1 aliphatic carbocycles. The number of methoxy groups -OCH3 is 1. The van der Waals surface area contributed by atoms with E-state index < -0.39 is 0 Å². The Labute approximate surface area is 98.4 Å². The molecular weight excluding hydrogens is 224 g/mol. The van der Waals surface area contributed by atoms with Gasteiger partial charge in [-0.2, -0.15) is 0 Å². The average molecular weight is 235 g/mol. The molecule has 1 saturated carbocycles. The SMILES string of the molecule is COc1ncc(C2CC2)c2cc(Cl)ncc12. The fourth-order valence-corrected chi connectivity index (χ4v) is 2.15. The van der Waals surface area contributed by atoms with Crippen molar-refractivity contribution in [3.8, 4) is 5.88 Å². The van der Waals surface area contributed by atoms with E-state index in [1.54, 1.807) is 13.3 Å². The van der Waals surface area contributed by atoms with Crippen molar-refractivity contribution in [1.29, 1.82) is 0 Å². The standard InChI is InChI=1S/C12H11ClN2O/c1-16-12-10-6-14-11(13)4-8(10)9(5-15-12)7-2-3-7/h4-7H,2-3H2,1H3. The lowest BCUT2D eigenvalue weighted by molar-refractivity contribution is 0.403. The quantitative estimate of drug-likeness (QED) is 0.749. The topological polar surface area (TPSA) is 35.0 Å². The second kappa shape index (κ2) is 3.59. The fourth-order valence-electron chi connectivity index (χ4n) is 1.99. The van der Waals surface area contributed by atoms with Crippen molar-refractivity contribution < 1.29 is 4.74 Å². The Morgan fingerprint density at radius 1 is 1.25 bits per heavy atom. The number of hydrogen-bond acceptors (Lipinski definition) is 3. The zero-order valence-electron chi connectivity index (χ0n) is 8.90. The second-order valence-electron chi connectivity index (χ2n) is 4.05. The van der Waals surface area contributed by atoms with Gasteiger partial charge in [-0.05, 0) is 35.8 Å². The normalized spacial score (nSPS) is 15.4. The van der Waals surface area contributed by atoms with Gasteiger partial charge in [-0.3, -0.25) is 0 Å². The summed E-state index contributed by atoms with van der Waals surface area (Å²) in [5.41, 5.74) is 1.26. The number of ether oxygens (including phenoxy) is 1. The molecule has 0 bridgehead atoms. The molecule has 0 N–H and O–H groups in total. The maximum atomic E-state index is 5.94. The molecule has 0 radical (unpaired) electrons. The van der Waals surface area contributed by atoms with Crippen LogP contribution in [0.1, 0.15) is 24.3 Å². The minimum atomic E-state index is 0.516. The highest BCUT2D eigenvalue weighted by molar-refractivity contribution is 6.30. The molecule has 1 aliphatic rings. The molecule has 2 heterocycles. The zero-order chi connectivity index (χ0) is 11.1. The smallest absolute Gasteiger partial charge is 0.222 e. The molecule has 3 nitrogen and oxygen atoms in total. The molecule has 0 atom stereocenters. The van der Waals surface area contributed by atoms with Crippen LogP contribution < -0.4 is 4.74 Å². The fraction of sp³-hybridized carbons (Fsp3) is 0.333. The molecule has 82 valence electrons. The van der Waals surface area contributed by atoms with E-state index in [4.69, 9.17) is 16.3 Å². The van der Waals surface area contributed by atoms with Gasteiger partial charge in [-0.1, -0.05) is 11.6 Å². The highest BCUT2D eigenvalue weighted by Gasteiger charge is 2.26. The lowest BCUT2D eigenvalue weighted by Crippen LogP contribution is -1.93. The third-order valence-electron chi connectivity index (χ3n) is 2.94. The summed E-state index contributed by atoms with van der Waals surface area (Å²) in [5.74, 6) is 1.25. The van der Waals surface area contributed by atoms with Gasteiger partial charge in [-0.15, -0.1) is 0 Å². The molecule has 16 heavy (non-hydrogen) atoms. The first-order chi connectivity index (χ1) is 7.79. The minimum absolute atomic E-state index is 0.516. The third kappa shape index (κ3) is 1.52. The van der Waals surface area contributed by atoms with E-state index in [2.05, 4.69) is 9.97 Å². The summed E-state index contributed by atoms with van der Waals surface area (Å²) in [6.07, 6.45) is 6.11. The monoisotopic (exact) mass is 234 g/mol. The molecular formula is C12H11ClN2O. The Balaban J connectivity index is 2.31. The van der Waals surface area contributed by atoms with Crippen molar-refractivity contribution in [1.82, 2.24) is 9.97 Å². The molecule has 0 aromatic carbocycles. The van der Waals surface area contributed by atoms with Gasteiger partial charge in [0.25, 0.3) is 0 Å². The minimum Gasteiger partial charge on any atom is -0.481 e. The lowest BCUT2D eigenvalue weighted by Gasteiger charge is -2.08. The van der Waals surface area contributed by atoms with Crippen LogP contribution in [-0.4, -0.2) is 17.1 Å². The average Bonchev–Trinajstić information content (AvgIpc) is 3.11. The van der Waals surface area contributed by atoms with Crippen molar-refractivity contribution in [3.63, 3.8) is 0 Å². The van der Waals surface area contributed by atoms with Crippen LogP contribution >= 0.6 is 11.6 Å². The highest BCUT2D eigenvalue weighted by Crippen LogP contribution is 2.44. The van der Waals surface area contributed by atoms with Crippen LogP contribution in [0.4, 0.5) is 0 Å². The van der Waals surface area contributed by atoms with Gasteiger partial charge in [0.1, 0.15) is 5.15 Å². The Morgan fingerprint density at radius 3 is 2.75 bits per heavy atom. The second-order valence-corrected chi connectivity index (χ2v) is 4.44. The number of aromatic nitrogens is 2. The summed E-state index contributed by atoms with van der Waals surface area (Å²) in [7, 11) is 1.62. The molecule has 2 aromatic heterocycles. The molecule has 1 fully saturated rings. The van der Waals surface area contributed by atoms with Crippen molar-refractivity contribution in [2.45, 2.75) is 18.8 Å². The van der Waals surface area contributed by atoms with Crippen molar-refractivity contribution >= 4 is 22.4 Å². The number of halogens is 1. The van der Waals surface area contributed by atoms with Crippen LogP contribution in [-0.2, 0) is 0 Å². The Hall–Kier alpha value is -1.35.